The molecule has 6 heteroatoms. The molecule has 1 amide bonds. The zero-order valence-corrected chi connectivity index (χ0v) is 16.5. The van der Waals surface area contributed by atoms with Gasteiger partial charge in [0.05, 0.1) is 25.3 Å². The van der Waals surface area contributed by atoms with Crippen LogP contribution in [0.2, 0.25) is 0 Å². The van der Waals surface area contributed by atoms with E-state index in [1.54, 1.807) is 18.1 Å². The number of rotatable bonds is 3. The molecule has 1 heterocycles. The predicted octanol–water partition coefficient (Wildman–Crippen LogP) is 3.52. The maximum absolute atomic E-state index is 12.5. The zero-order chi connectivity index (χ0) is 19.5. The maximum Gasteiger partial charge on any atom is 0.410 e. The Morgan fingerprint density at radius 1 is 1.15 bits per heavy atom. The molecular weight excluding hydrogens is 334 g/mol. The molecule has 1 aliphatic heterocycles. The van der Waals surface area contributed by atoms with Gasteiger partial charge in [-0.1, -0.05) is 6.07 Å². The first-order chi connectivity index (χ1) is 12.1. The van der Waals surface area contributed by atoms with Gasteiger partial charge in [0.2, 0.25) is 0 Å². The van der Waals surface area contributed by atoms with E-state index >= 15 is 0 Å². The van der Waals surface area contributed by atoms with Crippen LogP contribution in [0.5, 0.6) is 0 Å². The topological polar surface area (TPSA) is 65.1 Å². The number of piperidine rings is 1. The molecule has 2 rings (SSSR count). The van der Waals surface area contributed by atoms with Gasteiger partial charge in [0.1, 0.15) is 5.60 Å². The van der Waals surface area contributed by atoms with Gasteiger partial charge in [-0.25, -0.2) is 9.59 Å². The molecule has 1 saturated heterocycles. The average Bonchev–Trinajstić information content (AvgIpc) is 2.58. The fourth-order valence-corrected chi connectivity index (χ4v) is 3.30. The van der Waals surface area contributed by atoms with E-state index in [1.807, 2.05) is 39.8 Å². The summed E-state index contributed by atoms with van der Waals surface area (Å²) in [5.41, 5.74) is 2.09. The Hall–Kier alpha value is -2.08. The molecule has 0 saturated carbocycles. The van der Waals surface area contributed by atoms with Gasteiger partial charge < -0.3 is 19.1 Å². The van der Waals surface area contributed by atoms with E-state index in [0.29, 0.717) is 18.7 Å². The lowest BCUT2D eigenvalue weighted by Gasteiger charge is -2.38. The molecule has 1 fully saturated rings. The summed E-state index contributed by atoms with van der Waals surface area (Å²) < 4.78 is 15.8. The van der Waals surface area contributed by atoms with Crippen LogP contribution < -0.4 is 0 Å². The number of likely N-dealkylation sites (tertiary alicyclic amines) is 1. The van der Waals surface area contributed by atoms with E-state index in [1.165, 1.54) is 7.11 Å². The first-order valence-electron chi connectivity index (χ1n) is 8.84. The van der Waals surface area contributed by atoms with Gasteiger partial charge >= 0.3 is 12.1 Å². The Morgan fingerprint density at radius 2 is 1.85 bits per heavy atom. The predicted molar refractivity (Wildman–Crippen MR) is 98.5 cm³/mol. The summed E-state index contributed by atoms with van der Waals surface area (Å²) in [5, 5.41) is 0. The highest BCUT2D eigenvalue weighted by Gasteiger charge is 2.33. The average molecular weight is 363 g/mol. The summed E-state index contributed by atoms with van der Waals surface area (Å²) in [6.45, 7) is 8.62. The minimum atomic E-state index is -0.537. The minimum absolute atomic E-state index is 0.0547. The maximum atomic E-state index is 12.5. The Morgan fingerprint density at radius 3 is 2.38 bits per heavy atom. The van der Waals surface area contributed by atoms with Crippen molar-refractivity contribution in [2.45, 2.75) is 51.7 Å². The number of nitrogens with zero attached hydrogens (tertiary/aromatic N) is 1. The van der Waals surface area contributed by atoms with Gasteiger partial charge in [-0.2, -0.15) is 0 Å². The second-order valence-electron chi connectivity index (χ2n) is 7.74. The van der Waals surface area contributed by atoms with Crippen molar-refractivity contribution < 1.29 is 23.8 Å². The van der Waals surface area contributed by atoms with Gasteiger partial charge in [0, 0.05) is 19.6 Å². The molecule has 2 atom stereocenters. The minimum Gasteiger partial charge on any atom is -0.465 e. The molecule has 0 aromatic heterocycles. The van der Waals surface area contributed by atoms with Crippen molar-refractivity contribution in [2.24, 2.45) is 0 Å². The number of methoxy groups -OCH3 is 2. The summed E-state index contributed by atoms with van der Waals surface area (Å²) >= 11 is 0. The molecular formula is C20H29NO5. The molecule has 0 N–H and O–H groups in total. The normalized spacial score (nSPS) is 20.6. The molecule has 1 aromatic carbocycles. The Bertz CT molecular complexity index is 665. The lowest BCUT2D eigenvalue weighted by atomic mass is 9.86. The first kappa shape index (κ1) is 20.2. The van der Waals surface area contributed by atoms with Crippen LogP contribution in [-0.2, 0) is 14.2 Å². The monoisotopic (exact) mass is 363 g/mol. The molecule has 0 aliphatic carbocycles. The van der Waals surface area contributed by atoms with Crippen molar-refractivity contribution in [2.75, 3.05) is 27.3 Å². The molecule has 1 aliphatic rings. The van der Waals surface area contributed by atoms with Gasteiger partial charge in [-0.05, 0) is 57.4 Å². The van der Waals surface area contributed by atoms with Crippen molar-refractivity contribution in [1.82, 2.24) is 4.90 Å². The van der Waals surface area contributed by atoms with Crippen LogP contribution in [0.1, 0.15) is 54.6 Å². The zero-order valence-electron chi connectivity index (χ0n) is 16.5. The fourth-order valence-electron chi connectivity index (χ4n) is 3.30. The SMILES string of the molecule is COC(=O)c1ccc([C@H]2C[C@@H](OC)CN(C(=O)OC(C)(C)C)C2)c(C)c1. The summed E-state index contributed by atoms with van der Waals surface area (Å²) in [4.78, 5) is 25.9. The number of carbonyl (C=O) groups is 2. The number of hydrogen-bond donors (Lipinski definition) is 0. The molecule has 26 heavy (non-hydrogen) atoms. The van der Waals surface area contributed by atoms with Crippen LogP contribution >= 0.6 is 0 Å². The highest BCUT2D eigenvalue weighted by atomic mass is 16.6. The van der Waals surface area contributed by atoms with E-state index in [0.717, 1.165) is 17.5 Å². The van der Waals surface area contributed by atoms with E-state index in [4.69, 9.17) is 14.2 Å². The smallest absolute Gasteiger partial charge is 0.410 e. The third kappa shape index (κ3) is 4.97. The van der Waals surface area contributed by atoms with Crippen molar-refractivity contribution in [3.8, 4) is 0 Å². The van der Waals surface area contributed by atoms with Crippen molar-refractivity contribution in [1.29, 1.82) is 0 Å². The van der Waals surface area contributed by atoms with E-state index in [9.17, 15) is 9.59 Å². The van der Waals surface area contributed by atoms with E-state index < -0.39 is 5.60 Å². The molecule has 144 valence electrons. The van der Waals surface area contributed by atoms with Crippen molar-refractivity contribution in [3.05, 3.63) is 34.9 Å². The third-order valence-electron chi connectivity index (χ3n) is 4.53. The van der Waals surface area contributed by atoms with Crippen LogP contribution in [0, 0.1) is 6.92 Å². The van der Waals surface area contributed by atoms with Gasteiger partial charge in [-0.3, -0.25) is 0 Å². The third-order valence-corrected chi connectivity index (χ3v) is 4.53. The van der Waals surface area contributed by atoms with Crippen LogP contribution in [-0.4, -0.2) is 56.0 Å². The second-order valence-corrected chi connectivity index (χ2v) is 7.74. The molecule has 0 unspecified atom stereocenters. The summed E-state index contributed by atoms with van der Waals surface area (Å²) in [6, 6.07) is 5.54. The van der Waals surface area contributed by atoms with E-state index in [2.05, 4.69) is 0 Å². The number of aryl methyl sites for hydroxylation is 1. The van der Waals surface area contributed by atoms with Gasteiger partial charge in [0.25, 0.3) is 0 Å². The summed E-state index contributed by atoms with van der Waals surface area (Å²) in [7, 11) is 3.03. The van der Waals surface area contributed by atoms with E-state index in [-0.39, 0.29) is 24.1 Å². The van der Waals surface area contributed by atoms with Gasteiger partial charge in [0.15, 0.2) is 0 Å². The molecule has 0 spiro atoms. The number of hydrogen-bond acceptors (Lipinski definition) is 5. The molecule has 6 nitrogen and oxygen atoms in total. The van der Waals surface area contributed by atoms with Crippen LogP contribution in [0.15, 0.2) is 18.2 Å². The molecule has 0 radical (unpaired) electrons. The number of carbonyl (C=O) groups excluding carboxylic acids is 2. The van der Waals surface area contributed by atoms with Crippen molar-refractivity contribution in [3.63, 3.8) is 0 Å². The fraction of sp³-hybridized carbons (Fsp3) is 0.600. The van der Waals surface area contributed by atoms with Crippen molar-refractivity contribution >= 4 is 12.1 Å². The Labute approximate surface area is 155 Å². The van der Waals surface area contributed by atoms with Crippen LogP contribution in [0.25, 0.3) is 0 Å². The molecule has 1 aromatic rings. The standard InChI is InChI=1S/C20H29NO5/c1-13-9-14(18(22)25-6)7-8-17(13)15-10-16(24-5)12-21(11-15)19(23)26-20(2,3)4/h7-9,15-16H,10-12H2,1-6H3/t15-,16+/m0/s1. The van der Waals surface area contributed by atoms with Crippen LogP contribution in [0.4, 0.5) is 4.79 Å². The van der Waals surface area contributed by atoms with Gasteiger partial charge in [-0.15, -0.1) is 0 Å². The summed E-state index contributed by atoms with van der Waals surface area (Å²) in [5.74, 6) is -0.235. The number of esters is 1. The first-order valence-corrected chi connectivity index (χ1v) is 8.84. The number of ether oxygens (including phenoxy) is 3. The highest BCUT2D eigenvalue weighted by Crippen LogP contribution is 2.31. The highest BCUT2D eigenvalue weighted by molar-refractivity contribution is 5.89. The number of benzene rings is 1. The number of amides is 1. The molecule has 0 bridgehead atoms. The second kappa shape index (κ2) is 8.08. The largest absolute Gasteiger partial charge is 0.465 e. The van der Waals surface area contributed by atoms with Crippen LogP contribution in [0.3, 0.4) is 0 Å². The quantitative estimate of drug-likeness (QED) is 0.769. The Balaban J connectivity index is 2.22. The summed E-state index contributed by atoms with van der Waals surface area (Å²) in [6.07, 6.45) is 0.433. The lowest BCUT2D eigenvalue weighted by Crippen LogP contribution is -2.48. The lowest BCUT2D eigenvalue weighted by molar-refractivity contribution is -0.0110. The Kier molecular flexibility index (Phi) is 6.29.